The van der Waals surface area contributed by atoms with Crippen molar-refractivity contribution in [2.24, 2.45) is 10.9 Å². The number of ether oxygens (including phenoxy) is 1. The summed E-state index contributed by atoms with van der Waals surface area (Å²) in [7, 11) is 0. The molecule has 0 aliphatic rings. The van der Waals surface area contributed by atoms with Gasteiger partial charge in [0.2, 0.25) is 0 Å². The Bertz CT molecular complexity index is 649. The smallest absolute Gasteiger partial charge is 0.173 e. The molecule has 2 aromatic carbocycles. The number of benzene rings is 2. The number of nitrogens with zero attached hydrogens (tertiary/aromatic N) is 1. The Morgan fingerprint density at radius 2 is 1.80 bits per heavy atom. The summed E-state index contributed by atoms with van der Waals surface area (Å²) in [4.78, 5) is 0. The predicted molar refractivity (Wildman–Crippen MR) is 82.6 cm³/mol. The molecule has 3 N–H and O–H groups in total. The minimum Gasteiger partial charge on any atom is -0.457 e. The zero-order valence-corrected chi connectivity index (χ0v) is 12.8. The lowest BCUT2D eigenvalue weighted by Crippen LogP contribution is -2.14. The lowest BCUT2D eigenvalue weighted by atomic mass is 10.1. The van der Waals surface area contributed by atoms with Gasteiger partial charge in [0, 0.05) is 4.47 Å². The molecule has 0 saturated heterocycles. The summed E-state index contributed by atoms with van der Waals surface area (Å²) in [6.07, 6.45) is 0. The van der Waals surface area contributed by atoms with E-state index in [0.29, 0.717) is 11.3 Å². The third-order valence-corrected chi connectivity index (χ3v) is 3.24. The first-order valence-corrected chi connectivity index (χ1v) is 6.82. The molecule has 4 nitrogen and oxygen atoms in total. The molecule has 0 aliphatic carbocycles. The van der Waals surface area contributed by atoms with E-state index in [1.54, 1.807) is 12.1 Å². The number of aryl methyl sites for hydroxylation is 2. The molecule has 0 spiro atoms. The number of oxime groups is 1. The van der Waals surface area contributed by atoms with Crippen LogP contribution in [0.15, 0.2) is 46.0 Å². The summed E-state index contributed by atoms with van der Waals surface area (Å²) >= 11 is 3.35. The molecule has 2 aromatic rings. The van der Waals surface area contributed by atoms with E-state index >= 15 is 0 Å². The summed E-state index contributed by atoms with van der Waals surface area (Å²) in [5.41, 5.74) is 8.43. The van der Waals surface area contributed by atoms with Crippen LogP contribution in [-0.4, -0.2) is 11.0 Å². The summed E-state index contributed by atoms with van der Waals surface area (Å²) in [5.74, 6) is 1.26. The molecule has 104 valence electrons. The summed E-state index contributed by atoms with van der Waals surface area (Å²) < 4.78 is 6.68. The average molecular weight is 335 g/mol. The van der Waals surface area contributed by atoms with E-state index in [9.17, 15) is 0 Å². The quantitative estimate of drug-likeness (QED) is 0.386. The zero-order valence-electron chi connectivity index (χ0n) is 11.2. The van der Waals surface area contributed by atoms with Gasteiger partial charge in [0.05, 0.1) is 5.56 Å². The monoisotopic (exact) mass is 334 g/mol. The van der Waals surface area contributed by atoms with Gasteiger partial charge in [0.25, 0.3) is 0 Å². The van der Waals surface area contributed by atoms with Gasteiger partial charge < -0.3 is 15.7 Å². The Balaban J connectivity index is 2.43. The normalized spacial score (nSPS) is 11.4. The minimum absolute atomic E-state index is 0.00525. The van der Waals surface area contributed by atoms with Crippen LogP contribution in [0.25, 0.3) is 0 Å². The van der Waals surface area contributed by atoms with Crippen molar-refractivity contribution in [3.63, 3.8) is 0 Å². The molecule has 2 rings (SSSR count). The number of hydrogen-bond donors (Lipinski definition) is 2. The molecule has 0 atom stereocenters. The van der Waals surface area contributed by atoms with E-state index in [4.69, 9.17) is 15.7 Å². The highest BCUT2D eigenvalue weighted by atomic mass is 79.9. The van der Waals surface area contributed by atoms with E-state index < -0.39 is 0 Å². The van der Waals surface area contributed by atoms with E-state index in [2.05, 4.69) is 27.2 Å². The van der Waals surface area contributed by atoms with Crippen molar-refractivity contribution in [1.29, 1.82) is 0 Å². The van der Waals surface area contributed by atoms with Gasteiger partial charge in [-0.15, -0.1) is 0 Å². The van der Waals surface area contributed by atoms with Crippen LogP contribution in [0.1, 0.15) is 16.7 Å². The van der Waals surface area contributed by atoms with E-state index in [0.717, 1.165) is 21.3 Å². The predicted octanol–water partition coefficient (Wildman–Crippen LogP) is 3.95. The van der Waals surface area contributed by atoms with Gasteiger partial charge in [0.1, 0.15) is 11.5 Å². The van der Waals surface area contributed by atoms with Crippen LogP contribution < -0.4 is 10.5 Å². The Hall–Kier alpha value is -2.01. The Morgan fingerprint density at radius 3 is 2.40 bits per heavy atom. The van der Waals surface area contributed by atoms with Crippen molar-refractivity contribution in [3.05, 3.63) is 57.6 Å². The molecule has 0 bridgehead atoms. The van der Waals surface area contributed by atoms with E-state index in [1.807, 2.05) is 32.0 Å². The largest absolute Gasteiger partial charge is 0.457 e. The molecular weight excluding hydrogens is 320 g/mol. The summed E-state index contributed by atoms with van der Waals surface area (Å²) in [6, 6.07) is 11.3. The van der Waals surface area contributed by atoms with Crippen molar-refractivity contribution in [3.8, 4) is 11.5 Å². The first-order chi connectivity index (χ1) is 9.49. The molecule has 20 heavy (non-hydrogen) atoms. The molecular formula is C15H15BrN2O2. The van der Waals surface area contributed by atoms with Crippen LogP contribution in [0, 0.1) is 13.8 Å². The second-order valence-electron chi connectivity index (χ2n) is 4.55. The Kier molecular flexibility index (Phi) is 4.29. The molecule has 5 heteroatoms. The second kappa shape index (κ2) is 5.96. The number of halogens is 1. The summed E-state index contributed by atoms with van der Waals surface area (Å²) in [5, 5.41) is 11.9. The van der Waals surface area contributed by atoms with Gasteiger partial charge in [-0.05, 0) is 55.3 Å². The highest BCUT2D eigenvalue weighted by Crippen LogP contribution is 2.29. The molecule has 0 unspecified atom stereocenters. The number of nitrogens with two attached hydrogens (primary N) is 1. The van der Waals surface area contributed by atoms with Crippen molar-refractivity contribution >= 4 is 21.8 Å². The average Bonchev–Trinajstić information content (AvgIpc) is 2.38. The van der Waals surface area contributed by atoms with Crippen molar-refractivity contribution in [1.82, 2.24) is 0 Å². The number of amidine groups is 1. The fourth-order valence-electron chi connectivity index (χ4n) is 1.96. The Labute approximate surface area is 126 Å². The van der Waals surface area contributed by atoms with Gasteiger partial charge >= 0.3 is 0 Å². The maximum absolute atomic E-state index is 8.85. The maximum atomic E-state index is 8.85. The van der Waals surface area contributed by atoms with Crippen LogP contribution >= 0.6 is 15.9 Å². The van der Waals surface area contributed by atoms with E-state index in [1.165, 1.54) is 0 Å². The van der Waals surface area contributed by atoms with E-state index in [-0.39, 0.29) is 5.84 Å². The standard InChI is InChI=1S/C15H15BrN2O2/c1-9-5-10(2)7-12(6-9)20-14-4-3-11(16)8-13(14)15(17)18-19/h3-8,19H,1-2H3,(H2,17,18). The number of hydrogen-bond acceptors (Lipinski definition) is 3. The summed E-state index contributed by atoms with van der Waals surface area (Å²) in [6.45, 7) is 4.01. The van der Waals surface area contributed by atoms with Gasteiger partial charge in [-0.1, -0.05) is 27.2 Å². The first kappa shape index (κ1) is 14.4. The van der Waals surface area contributed by atoms with Crippen LogP contribution in [0.3, 0.4) is 0 Å². The minimum atomic E-state index is 0.00525. The molecule has 0 heterocycles. The lowest BCUT2D eigenvalue weighted by Gasteiger charge is -2.12. The van der Waals surface area contributed by atoms with Crippen LogP contribution in [0.5, 0.6) is 11.5 Å². The third kappa shape index (κ3) is 3.30. The lowest BCUT2D eigenvalue weighted by molar-refractivity contribution is 0.318. The van der Waals surface area contributed by atoms with Gasteiger partial charge in [-0.25, -0.2) is 0 Å². The van der Waals surface area contributed by atoms with Gasteiger partial charge in [0.15, 0.2) is 5.84 Å². The molecule has 0 aromatic heterocycles. The van der Waals surface area contributed by atoms with Crippen molar-refractivity contribution in [2.75, 3.05) is 0 Å². The SMILES string of the molecule is Cc1cc(C)cc(Oc2ccc(Br)cc2/C(N)=N/O)c1. The highest BCUT2D eigenvalue weighted by Gasteiger charge is 2.10. The van der Waals surface area contributed by atoms with Crippen LogP contribution in [-0.2, 0) is 0 Å². The first-order valence-electron chi connectivity index (χ1n) is 6.03. The molecule has 0 radical (unpaired) electrons. The second-order valence-corrected chi connectivity index (χ2v) is 5.47. The fourth-order valence-corrected chi connectivity index (χ4v) is 2.33. The van der Waals surface area contributed by atoms with Crippen LogP contribution in [0.2, 0.25) is 0 Å². The van der Waals surface area contributed by atoms with Crippen molar-refractivity contribution in [2.45, 2.75) is 13.8 Å². The zero-order chi connectivity index (χ0) is 14.7. The molecule has 0 amide bonds. The highest BCUT2D eigenvalue weighted by molar-refractivity contribution is 9.10. The van der Waals surface area contributed by atoms with Gasteiger partial charge in [-0.2, -0.15) is 0 Å². The third-order valence-electron chi connectivity index (χ3n) is 2.75. The maximum Gasteiger partial charge on any atom is 0.173 e. The number of rotatable bonds is 3. The molecule has 0 aliphatic heterocycles. The molecule has 0 fully saturated rings. The van der Waals surface area contributed by atoms with Gasteiger partial charge in [-0.3, -0.25) is 0 Å². The van der Waals surface area contributed by atoms with Crippen LogP contribution in [0.4, 0.5) is 0 Å². The fraction of sp³-hybridized carbons (Fsp3) is 0.133. The molecule has 0 saturated carbocycles. The Morgan fingerprint density at radius 1 is 1.15 bits per heavy atom. The van der Waals surface area contributed by atoms with Crippen molar-refractivity contribution < 1.29 is 9.94 Å². The topological polar surface area (TPSA) is 67.8 Å².